The van der Waals surface area contributed by atoms with Gasteiger partial charge in [0.1, 0.15) is 0 Å². The summed E-state index contributed by atoms with van der Waals surface area (Å²) in [6.45, 7) is 0.830. The molecule has 16 heavy (non-hydrogen) atoms. The molecule has 1 fully saturated rings. The minimum Gasteiger partial charge on any atom is -0.330 e. The second-order valence-corrected chi connectivity index (χ2v) is 5.02. The van der Waals surface area contributed by atoms with E-state index < -0.39 is 0 Å². The van der Waals surface area contributed by atoms with E-state index in [1.165, 1.54) is 29.2 Å². The van der Waals surface area contributed by atoms with Crippen LogP contribution < -0.4 is 5.73 Å². The molecule has 1 nitrogen and oxygen atoms in total. The summed E-state index contributed by atoms with van der Waals surface area (Å²) in [6.07, 6.45) is 3.74. The van der Waals surface area contributed by atoms with Crippen LogP contribution in [0.3, 0.4) is 0 Å². The quantitative estimate of drug-likeness (QED) is 0.829. The molecular formula is C15H17N. The maximum absolute atomic E-state index is 5.86. The smallest absolute Gasteiger partial charge is 0.00173 e. The second-order valence-electron chi connectivity index (χ2n) is 5.02. The predicted molar refractivity (Wildman–Crippen MR) is 68.4 cm³/mol. The fourth-order valence-corrected chi connectivity index (χ4v) is 2.48. The summed E-state index contributed by atoms with van der Waals surface area (Å²) < 4.78 is 0. The molecule has 0 bridgehead atoms. The van der Waals surface area contributed by atoms with Crippen LogP contribution in [0.1, 0.15) is 18.4 Å². The van der Waals surface area contributed by atoms with Gasteiger partial charge in [-0.15, -0.1) is 0 Å². The van der Waals surface area contributed by atoms with Crippen molar-refractivity contribution >= 4 is 10.8 Å². The molecule has 0 aromatic heterocycles. The zero-order chi connectivity index (χ0) is 11.0. The molecule has 0 atom stereocenters. The van der Waals surface area contributed by atoms with Gasteiger partial charge in [-0.25, -0.2) is 0 Å². The van der Waals surface area contributed by atoms with E-state index in [9.17, 15) is 0 Å². The highest BCUT2D eigenvalue weighted by molar-refractivity contribution is 5.85. The van der Waals surface area contributed by atoms with Gasteiger partial charge in [0.2, 0.25) is 0 Å². The first-order valence-corrected chi connectivity index (χ1v) is 6.00. The summed E-state index contributed by atoms with van der Waals surface area (Å²) >= 11 is 0. The van der Waals surface area contributed by atoms with Gasteiger partial charge in [0.25, 0.3) is 0 Å². The normalized spacial score (nSPS) is 17.6. The van der Waals surface area contributed by atoms with Gasteiger partial charge in [-0.3, -0.25) is 0 Å². The van der Waals surface area contributed by atoms with Crippen LogP contribution in [-0.2, 0) is 6.42 Å². The Morgan fingerprint density at radius 3 is 2.50 bits per heavy atom. The van der Waals surface area contributed by atoms with Gasteiger partial charge < -0.3 is 5.73 Å². The molecule has 3 rings (SSSR count). The van der Waals surface area contributed by atoms with Crippen LogP contribution >= 0.6 is 0 Å². The van der Waals surface area contributed by atoms with Crippen LogP contribution in [0.4, 0.5) is 0 Å². The van der Waals surface area contributed by atoms with E-state index in [-0.39, 0.29) is 0 Å². The number of nitrogens with two attached hydrogens (primary N) is 1. The number of benzene rings is 2. The molecule has 0 saturated heterocycles. The van der Waals surface area contributed by atoms with E-state index in [2.05, 4.69) is 42.5 Å². The monoisotopic (exact) mass is 211 g/mol. The molecule has 1 aliphatic carbocycles. The number of hydrogen-bond donors (Lipinski definition) is 1. The second kappa shape index (κ2) is 3.60. The lowest BCUT2D eigenvalue weighted by Gasteiger charge is -2.14. The third kappa shape index (κ3) is 1.61. The molecular weight excluding hydrogens is 194 g/mol. The first kappa shape index (κ1) is 9.86. The molecule has 2 aromatic rings. The van der Waals surface area contributed by atoms with Gasteiger partial charge in [0.05, 0.1) is 0 Å². The van der Waals surface area contributed by atoms with Crippen LogP contribution in [0.5, 0.6) is 0 Å². The van der Waals surface area contributed by atoms with Crippen molar-refractivity contribution in [1.82, 2.24) is 0 Å². The van der Waals surface area contributed by atoms with Gasteiger partial charge in [-0.05, 0) is 47.6 Å². The van der Waals surface area contributed by atoms with Crippen LogP contribution in [0.2, 0.25) is 0 Å². The summed E-state index contributed by atoms with van der Waals surface area (Å²) in [4.78, 5) is 0. The van der Waals surface area contributed by atoms with Crippen molar-refractivity contribution in [3.8, 4) is 0 Å². The van der Waals surface area contributed by atoms with Crippen molar-refractivity contribution in [1.29, 1.82) is 0 Å². The van der Waals surface area contributed by atoms with Gasteiger partial charge in [0.15, 0.2) is 0 Å². The molecule has 82 valence electrons. The summed E-state index contributed by atoms with van der Waals surface area (Å²) in [5.41, 5.74) is 7.74. The van der Waals surface area contributed by atoms with Crippen molar-refractivity contribution < 1.29 is 0 Å². The molecule has 2 aromatic carbocycles. The van der Waals surface area contributed by atoms with Gasteiger partial charge in [0, 0.05) is 0 Å². The number of fused-ring (bicyclic) bond motifs is 1. The Kier molecular flexibility index (Phi) is 2.22. The summed E-state index contributed by atoms with van der Waals surface area (Å²) in [5.74, 6) is 0. The van der Waals surface area contributed by atoms with Crippen LogP contribution in [0, 0.1) is 5.41 Å². The Hall–Kier alpha value is -1.34. The first-order valence-electron chi connectivity index (χ1n) is 6.00. The fraction of sp³-hybridized carbons (Fsp3) is 0.333. The molecule has 2 N–H and O–H groups in total. The number of hydrogen-bond acceptors (Lipinski definition) is 1. The lowest BCUT2D eigenvalue weighted by molar-refractivity contribution is 0.523. The molecule has 0 heterocycles. The third-order valence-corrected chi connectivity index (χ3v) is 3.84. The molecule has 0 radical (unpaired) electrons. The van der Waals surface area contributed by atoms with Crippen molar-refractivity contribution in [3.05, 3.63) is 48.0 Å². The first-order chi connectivity index (χ1) is 7.83. The van der Waals surface area contributed by atoms with E-state index in [1.807, 2.05) is 0 Å². The van der Waals surface area contributed by atoms with E-state index in [0.717, 1.165) is 13.0 Å². The standard InChI is InChI=1S/C15H17N/c16-11-15(8-9-15)10-13-6-3-5-12-4-1-2-7-14(12)13/h1-7H,8-11,16H2. The SMILES string of the molecule is NCC1(Cc2cccc3ccccc23)CC1. The average molecular weight is 211 g/mol. The Labute approximate surface area is 96.3 Å². The molecule has 0 unspecified atom stereocenters. The fourth-order valence-electron chi connectivity index (χ4n) is 2.48. The van der Waals surface area contributed by atoms with Crippen LogP contribution in [0.15, 0.2) is 42.5 Å². The topological polar surface area (TPSA) is 26.0 Å². The van der Waals surface area contributed by atoms with Gasteiger partial charge in [-0.2, -0.15) is 0 Å². The Bertz CT molecular complexity index is 506. The largest absolute Gasteiger partial charge is 0.330 e. The Morgan fingerprint density at radius 1 is 1.00 bits per heavy atom. The maximum atomic E-state index is 5.86. The highest BCUT2D eigenvalue weighted by Gasteiger charge is 2.41. The van der Waals surface area contributed by atoms with E-state index in [4.69, 9.17) is 5.73 Å². The summed E-state index contributed by atoms with van der Waals surface area (Å²) in [6, 6.07) is 15.2. The highest BCUT2D eigenvalue weighted by atomic mass is 14.6. The molecule has 1 saturated carbocycles. The van der Waals surface area contributed by atoms with Crippen molar-refractivity contribution in [3.63, 3.8) is 0 Å². The molecule has 0 spiro atoms. The van der Waals surface area contributed by atoms with Crippen molar-refractivity contribution in [2.45, 2.75) is 19.3 Å². The zero-order valence-electron chi connectivity index (χ0n) is 9.45. The lowest BCUT2D eigenvalue weighted by atomic mass is 9.93. The molecule has 0 amide bonds. The Morgan fingerprint density at radius 2 is 1.75 bits per heavy atom. The maximum Gasteiger partial charge on any atom is -0.00173 e. The van der Waals surface area contributed by atoms with Crippen LogP contribution in [-0.4, -0.2) is 6.54 Å². The molecule has 1 aliphatic rings. The summed E-state index contributed by atoms with van der Waals surface area (Å²) in [5, 5.41) is 2.73. The Balaban J connectivity index is 2.03. The summed E-state index contributed by atoms with van der Waals surface area (Å²) in [7, 11) is 0. The minimum atomic E-state index is 0.421. The van der Waals surface area contributed by atoms with Crippen LogP contribution in [0.25, 0.3) is 10.8 Å². The molecule has 0 aliphatic heterocycles. The average Bonchev–Trinajstić information content (AvgIpc) is 3.10. The van der Waals surface area contributed by atoms with Gasteiger partial charge >= 0.3 is 0 Å². The van der Waals surface area contributed by atoms with Crippen molar-refractivity contribution in [2.75, 3.05) is 6.54 Å². The van der Waals surface area contributed by atoms with E-state index >= 15 is 0 Å². The molecule has 1 heteroatoms. The van der Waals surface area contributed by atoms with E-state index in [1.54, 1.807) is 0 Å². The van der Waals surface area contributed by atoms with E-state index in [0.29, 0.717) is 5.41 Å². The van der Waals surface area contributed by atoms with Gasteiger partial charge in [-0.1, -0.05) is 42.5 Å². The minimum absolute atomic E-state index is 0.421. The van der Waals surface area contributed by atoms with Crippen molar-refractivity contribution in [2.24, 2.45) is 11.1 Å². The zero-order valence-corrected chi connectivity index (χ0v) is 9.45. The number of rotatable bonds is 3. The third-order valence-electron chi connectivity index (χ3n) is 3.84. The highest BCUT2D eigenvalue weighted by Crippen LogP contribution is 2.47. The predicted octanol–water partition coefficient (Wildman–Crippen LogP) is 3.12. The lowest BCUT2D eigenvalue weighted by Crippen LogP contribution is -2.17.